The Kier molecular flexibility index (Phi) is 4.24. The minimum Gasteiger partial charge on any atom is -0.258 e. The van der Waals surface area contributed by atoms with Crippen molar-refractivity contribution in [3.05, 3.63) is 28.4 Å². The fourth-order valence-corrected chi connectivity index (χ4v) is 3.97. The second-order valence-corrected chi connectivity index (χ2v) is 8.12. The Balaban J connectivity index is 3.06. The quantitative estimate of drug-likeness (QED) is 0.435. The lowest BCUT2D eigenvalue weighted by atomic mass is 10.4. The summed E-state index contributed by atoms with van der Waals surface area (Å²) < 4.78 is 44.6. The van der Waals surface area contributed by atoms with Gasteiger partial charge in [-0.2, -0.15) is 0 Å². The Morgan fingerprint density at radius 1 is 1.28 bits per heavy atom. The Labute approximate surface area is 107 Å². The summed E-state index contributed by atoms with van der Waals surface area (Å²) in [4.78, 5) is 13.1. The van der Waals surface area contributed by atoms with Gasteiger partial charge >= 0.3 is 0 Å². The molecular weight excluding hydrogens is 308 g/mol. The highest BCUT2D eigenvalue weighted by molar-refractivity contribution is 8.14. The van der Waals surface area contributed by atoms with Crippen molar-refractivity contribution in [2.24, 2.45) is 0 Å². The lowest BCUT2D eigenvalue weighted by molar-refractivity contribution is -0.385. The maximum Gasteiger partial charge on any atom is 0.273 e. The van der Waals surface area contributed by atoms with Crippen molar-refractivity contribution in [3.63, 3.8) is 0 Å². The van der Waals surface area contributed by atoms with Crippen LogP contribution in [0, 0.1) is 10.1 Å². The van der Waals surface area contributed by atoms with Crippen LogP contribution >= 0.6 is 10.7 Å². The van der Waals surface area contributed by atoms with E-state index in [1.807, 2.05) is 0 Å². The van der Waals surface area contributed by atoms with Gasteiger partial charge in [-0.1, -0.05) is 0 Å². The van der Waals surface area contributed by atoms with Gasteiger partial charge in [0.05, 0.1) is 22.5 Å². The zero-order chi connectivity index (χ0) is 14.0. The van der Waals surface area contributed by atoms with Gasteiger partial charge in [-0.3, -0.25) is 10.1 Å². The molecule has 0 atom stereocenters. The molecule has 18 heavy (non-hydrogen) atoms. The van der Waals surface area contributed by atoms with Crippen LogP contribution in [0.5, 0.6) is 0 Å². The molecule has 0 unspecified atom stereocenters. The van der Waals surface area contributed by atoms with Crippen LogP contribution in [0.4, 0.5) is 5.69 Å². The monoisotopic (exact) mass is 314 g/mol. The second kappa shape index (κ2) is 5.16. The number of hydrogen-bond acceptors (Lipinski definition) is 7. The average molecular weight is 315 g/mol. The molecule has 1 aromatic rings. The highest BCUT2D eigenvalue weighted by Crippen LogP contribution is 2.16. The molecule has 0 radical (unpaired) electrons. The number of hydrogen-bond donors (Lipinski definition) is 0. The number of pyridine rings is 1. The first-order chi connectivity index (χ1) is 8.12. The number of nitrogens with zero attached hydrogens (tertiary/aromatic N) is 2. The van der Waals surface area contributed by atoms with E-state index >= 15 is 0 Å². The van der Waals surface area contributed by atoms with Gasteiger partial charge in [-0.05, 0) is 0 Å². The number of sulfone groups is 1. The van der Waals surface area contributed by atoms with Crippen LogP contribution < -0.4 is 0 Å². The number of nitro groups is 1. The summed E-state index contributed by atoms with van der Waals surface area (Å²) in [5.41, 5.74) is -0.447. The molecule has 0 fully saturated rings. The van der Waals surface area contributed by atoms with Gasteiger partial charge in [0.15, 0.2) is 14.9 Å². The van der Waals surface area contributed by atoms with E-state index < -0.39 is 46.0 Å². The molecule has 1 rings (SSSR count). The molecule has 0 saturated carbocycles. The summed E-state index contributed by atoms with van der Waals surface area (Å²) in [6.07, 6.45) is 0.959. The molecule has 0 spiro atoms. The van der Waals surface area contributed by atoms with Gasteiger partial charge in [-0.15, -0.1) is 0 Å². The number of rotatable bonds is 5. The normalized spacial score (nSPS) is 12.3. The highest BCUT2D eigenvalue weighted by atomic mass is 35.7. The molecule has 0 saturated heterocycles. The number of halogens is 1. The Hall–Kier alpha value is -1.26. The standard InChI is InChI=1S/C7H7ClN2O6S2/c8-18(15,16)4-3-17(13,14)7-5-6(10(11)12)1-2-9-7/h1-2,5H,3-4H2. The maximum atomic E-state index is 11.6. The van der Waals surface area contributed by atoms with Gasteiger partial charge < -0.3 is 0 Å². The van der Waals surface area contributed by atoms with Crippen LogP contribution in [-0.2, 0) is 18.9 Å². The number of aromatic nitrogens is 1. The summed E-state index contributed by atoms with van der Waals surface area (Å²) in [5, 5.41) is 9.90. The molecule has 100 valence electrons. The van der Waals surface area contributed by atoms with Crippen LogP contribution in [0.3, 0.4) is 0 Å². The van der Waals surface area contributed by atoms with Crippen LogP contribution in [0.2, 0.25) is 0 Å². The zero-order valence-electron chi connectivity index (χ0n) is 8.68. The third-order valence-electron chi connectivity index (χ3n) is 1.84. The Bertz CT molecular complexity index is 669. The molecule has 1 heterocycles. The lowest BCUT2D eigenvalue weighted by Gasteiger charge is -2.01. The van der Waals surface area contributed by atoms with E-state index in [9.17, 15) is 26.9 Å². The minimum absolute atomic E-state index is 0.447. The first-order valence-corrected chi connectivity index (χ1v) is 8.50. The average Bonchev–Trinajstić information content (AvgIpc) is 2.26. The first kappa shape index (κ1) is 14.8. The van der Waals surface area contributed by atoms with Crippen LogP contribution in [0.25, 0.3) is 0 Å². The second-order valence-electron chi connectivity index (χ2n) is 3.17. The predicted molar refractivity (Wildman–Crippen MR) is 62.6 cm³/mol. The van der Waals surface area contributed by atoms with E-state index in [4.69, 9.17) is 10.7 Å². The molecule has 0 aromatic carbocycles. The Morgan fingerprint density at radius 2 is 1.89 bits per heavy atom. The van der Waals surface area contributed by atoms with Gasteiger partial charge in [0.1, 0.15) is 0 Å². The van der Waals surface area contributed by atoms with Crippen molar-refractivity contribution in [2.45, 2.75) is 5.03 Å². The molecule has 11 heteroatoms. The fourth-order valence-electron chi connectivity index (χ4n) is 0.996. The topological polar surface area (TPSA) is 124 Å². The minimum atomic E-state index is -4.03. The largest absolute Gasteiger partial charge is 0.273 e. The summed E-state index contributed by atoms with van der Waals surface area (Å²) in [7, 11) is -3.10. The molecule has 0 bridgehead atoms. The first-order valence-electron chi connectivity index (χ1n) is 4.37. The van der Waals surface area contributed by atoms with Crippen molar-refractivity contribution in [3.8, 4) is 0 Å². The molecule has 0 N–H and O–H groups in total. The molecule has 0 amide bonds. The van der Waals surface area contributed by atoms with Crippen LogP contribution in [0.1, 0.15) is 0 Å². The van der Waals surface area contributed by atoms with E-state index in [0.29, 0.717) is 0 Å². The fraction of sp³-hybridized carbons (Fsp3) is 0.286. The van der Waals surface area contributed by atoms with Gasteiger partial charge in [0.2, 0.25) is 9.05 Å². The molecule has 0 aliphatic carbocycles. The highest BCUT2D eigenvalue weighted by Gasteiger charge is 2.22. The third-order valence-corrected chi connectivity index (χ3v) is 4.86. The molecule has 0 aliphatic rings. The maximum absolute atomic E-state index is 11.6. The smallest absolute Gasteiger partial charge is 0.258 e. The van der Waals surface area contributed by atoms with E-state index in [1.54, 1.807) is 0 Å². The van der Waals surface area contributed by atoms with E-state index in [2.05, 4.69) is 4.98 Å². The van der Waals surface area contributed by atoms with Gasteiger partial charge in [0, 0.05) is 22.9 Å². The predicted octanol–water partition coefficient (Wildman–Crippen LogP) is 0.332. The van der Waals surface area contributed by atoms with E-state index in [0.717, 1.165) is 18.3 Å². The van der Waals surface area contributed by atoms with Crippen molar-refractivity contribution < 1.29 is 21.8 Å². The lowest BCUT2D eigenvalue weighted by Crippen LogP contribution is -2.15. The van der Waals surface area contributed by atoms with Gasteiger partial charge in [0.25, 0.3) is 5.69 Å². The van der Waals surface area contributed by atoms with Crippen molar-refractivity contribution in [2.75, 3.05) is 11.5 Å². The van der Waals surface area contributed by atoms with Crippen molar-refractivity contribution in [1.29, 1.82) is 0 Å². The molecule has 0 aliphatic heterocycles. The van der Waals surface area contributed by atoms with Crippen molar-refractivity contribution in [1.82, 2.24) is 4.98 Å². The zero-order valence-corrected chi connectivity index (χ0v) is 11.1. The Morgan fingerprint density at radius 3 is 2.39 bits per heavy atom. The van der Waals surface area contributed by atoms with E-state index in [-0.39, 0.29) is 0 Å². The summed E-state index contributed by atoms with van der Waals surface area (Å²) in [6.45, 7) is 0. The third kappa shape index (κ3) is 4.20. The summed E-state index contributed by atoms with van der Waals surface area (Å²) >= 11 is 0. The van der Waals surface area contributed by atoms with Crippen LogP contribution in [-0.4, -0.2) is 38.2 Å². The summed E-state index contributed by atoms with van der Waals surface area (Å²) in [5.74, 6) is -1.58. The molecular formula is C7H7ClN2O6S2. The summed E-state index contributed by atoms with van der Waals surface area (Å²) in [6, 6.07) is 1.79. The molecule has 1 aromatic heterocycles. The van der Waals surface area contributed by atoms with Crippen LogP contribution in [0.15, 0.2) is 23.4 Å². The molecule has 8 nitrogen and oxygen atoms in total. The van der Waals surface area contributed by atoms with Crippen molar-refractivity contribution >= 4 is 35.3 Å². The SMILES string of the molecule is O=[N+]([O-])c1ccnc(S(=O)(=O)CCS(=O)(=O)Cl)c1. The van der Waals surface area contributed by atoms with E-state index in [1.165, 1.54) is 0 Å². The van der Waals surface area contributed by atoms with Gasteiger partial charge in [-0.25, -0.2) is 21.8 Å².